The highest BCUT2D eigenvalue weighted by molar-refractivity contribution is 9.11. The van der Waals surface area contributed by atoms with E-state index in [-0.39, 0.29) is 0 Å². The third-order valence-electron chi connectivity index (χ3n) is 2.75. The van der Waals surface area contributed by atoms with Gasteiger partial charge in [0.25, 0.3) is 0 Å². The molecule has 0 atom stereocenters. The monoisotopic (exact) mass is 259 g/mol. The molecule has 2 rings (SSSR count). The van der Waals surface area contributed by atoms with Gasteiger partial charge in [0.15, 0.2) is 3.92 Å². The van der Waals surface area contributed by atoms with Gasteiger partial charge < -0.3 is 0 Å². The molecule has 1 heterocycles. The van der Waals surface area contributed by atoms with Gasteiger partial charge in [-0.15, -0.1) is 11.3 Å². The van der Waals surface area contributed by atoms with Crippen LogP contribution >= 0.6 is 27.3 Å². The fourth-order valence-electron chi connectivity index (χ4n) is 2.06. The summed E-state index contributed by atoms with van der Waals surface area (Å²) in [6, 6.07) is 0. The third-order valence-corrected chi connectivity index (χ3v) is 4.16. The first-order chi connectivity index (χ1) is 6.34. The van der Waals surface area contributed by atoms with Crippen LogP contribution in [-0.4, -0.2) is 4.98 Å². The predicted octanol–water partition coefficient (Wildman–Crippen LogP) is 4.03. The lowest BCUT2D eigenvalue weighted by Crippen LogP contribution is -2.09. The van der Waals surface area contributed by atoms with Gasteiger partial charge in [0.2, 0.25) is 0 Å². The summed E-state index contributed by atoms with van der Waals surface area (Å²) in [6.45, 7) is 0. The number of nitrogens with zero attached hydrogens (tertiary/aromatic N) is 1. The fourth-order valence-corrected chi connectivity index (χ4v) is 3.12. The van der Waals surface area contributed by atoms with Crippen LogP contribution in [0.25, 0.3) is 0 Å². The van der Waals surface area contributed by atoms with Crippen molar-refractivity contribution in [2.75, 3.05) is 0 Å². The molecule has 0 aromatic carbocycles. The maximum absolute atomic E-state index is 4.44. The number of rotatable bonds is 2. The molecular weight excluding hydrogens is 246 g/mol. The molecule has 0 spiro atoms. The molecule has 0 aliphatic heterocycles. The SMILES string of the molecule is Brc1nc(CC2CCCCC2)cs1. The summed E-state index contributed by atoms with van der Waals surface area (Å²) in [6.07, 6.45) is 8.32. The first-order valence-corrected chi connectivity index (χ1v) is 6.62. The van der Waals surface area contributed by atoms with Gasteiger partial charge in [-0.2, -0.15) is 0 Å². The summed E-state index contributed by atoms with van der Waals surface area (Å²) in [4.78, 5) is 4.44. The smallest absolute Gasteiger partial charge is 0.159 e. The topological polar surface area (TPSA) is 12.9 Å². The van der Waals surface area contributed by atoms with E-state index < -0.39 is 0 Å². The summed E-state index contributed by atoms with van der Waals surface area (Å²) in [5, 5.41) is 2.18. The van der Waals surface area contributed by atoms with Crippen molar-refractivity contribution in [3.8, 4) is 0 Å². The Bertz CT molecular complexity index is 266. The molecule has 0 bridgehead atoms. The molecule has 13 heavy (non-hydrogen) atoms. The maximum atomic E-state index is 4.44. The average Bonchev–Trinajstić information content (AvgIpc) is 2.53. The van der Waals surface area contributed by atoms with Gasteiger partial charge in [-0.25, -0.2) is 4.98 Å². The van der Waals surface area contributed by atoms with Crippen molar-refractivity contribution in [1.29, 1.82) is 0 Å². The summed E-state index contributed by atoms with van der Waals surface area (Å²) in [5.74, 6) is 0.905. The van der Waals surface area contributed by atoms with Gasteiger partial charge >= 0.3 is 0 Å². The Kier molecular flexibility index (Phi) is 3.39. The van der Waals surface area contributed by atoms with E-state index in [1.807, 2.05) is 0 Å². The first kappa shape index (κ1) is 9.66. The van der Waals surface area contributed by atoms with Crippen LogP contribution in [0, 0.1) is 5.92 Å². The van der Waals surface area contributed by atoms with Gasteiger partial charge in [-0.1, -0.05) is 32.1 Å². The van der Waals surface area contributed by atoms with Crippen LogP contribution in [0.1, 0.15) is 37.8 Å². The fraction of sp³-hybridized carbons (Fsp3) is 0.700. The zero-order valence-corrected chi connectivity index (χ0v) is 10.0. The molecule has 1 nitrogen and oxygen atoms in total. The highest BCUT2D eigenvalue weighted by Crippen LogP contribution is 2.27. The van der Waals surface area contributed by atoms with E-state index in [0.717, 1.165) is 9.83 Å². The molecule has 0 saturated heterocycles. The molecule has 0 N–H and O–H groups in total. The lowest BCUT2D eigenvalue weighted by atomic mass is 9.86. The summed E-state index contributed by atoms with van der Waals surface area (Å²) in [5.41, 5.74) is 1.28. The van der Waals surface area contributed by atoms with Gasteiger partial charge in [-0.3, -0.25) is 0 Å². The highest BCUT2D eigenvalue weighted by Gasteiger charge is 2.14. The molecule has 1 aliphatic carbocycles. The lowest BCUT2D eigenvalue weighted by molar-refractivity contribution is 0.354. The van der Waals surface area contributed by atoms with Crippen molar-refractivity contribution >= 4 is 27.3 Å². The molecular formula is C10H14BrNS. The van der Waals surface area contributed by atoms with E-state index >= 15 is 0 Å². The average molecular weight is 260 g/mol. The Hall–Kier alpha value is 0.110. The van der Waals surface area contributed by atoms with E-state index in [1.165, 1.54) is 44.2 Å². The number of aromatic nitrogens is 1. The molecule has 72 valence electrons. The first-order valence-electron chi connectivity index (χ1n) is 4.94. The minimum Gasteiger partial charge on any atom is -0.234 e. The Morgan fingerprint density at radius 2 is 2.15 bits per heavy atom. The van der Waals surface area contributed by atoms with Gasteiger partial charge in [0.05, 0.1) is 5.69 Å². The molecule has 0 radical (unpaired) electrons. The molecule has 1 saturated carbocycles. The molecule has 1 fully saturated rings. The van der Waals surface area contributed by atoms with Crippen LogP contribution in [0.15, 0.2) is 9.30 Å². The minimum absolute atomic E-state index is 0.905. The van der Waals surface area contributed by atoms with Crippen LogP contribution in [0.2, 0.25) is 0 Å². The van der Waals surface area contributed by atoms with Crippen molar-refractivity contribution in [3.63, 3.8) is 0 Å². The van der Waals surface area contributed by atoms with Crippen LogP contribution in [0.5, 0.6) is 0 Å². The maximum Gasteiger partial charge on any atom is 0.159 e. The van der Waals surface area contributed by atoms with E-state index in [0.29, 0.717) is 0 Å². The second-order valence-corrected chi connectivity index (χ2v) is 5.93. The van der Waals surface area contributed by atoms with Crippen molar-refractivity contribution in [2.24, 2.45) is 5.92 Å². The predicted molar refractivity (Wildman–Crippen MR) is 60.1 cm³/mol. The van der Waals surface area contributed by atoms with Gasteiger partial charge in [0.1, 0.15) is 0 Å². The zero-order valence-electron chi connectivity index (χ0n) is 7.63. The number of hydrogen-bond donors (Lipinski definition) is 0. The minimum atomic E-state index is 0.905. The molecule has 1 aromatic heterocycles. The molecule has 1 aromatic rings. The van der Waals surface area contributed by atoms with Crippen LogP contribution in [0.4, 0.5) is 0 Å². The largest absolute Gasteiger partial charge is 0.234 e. The molecule has 0 amide bonds. The van der Waals surface area contributed by atoms with E-state index in [2.05, 4.69) is 26.3 Å². The summed E-state index contributed by atoms with van der Waals surface area (Å²) < 4.78 is 1.03. The van der Waals surface area contributed by atoms with Crippen molar-refractivity contribution in [1.82, 2.24) is 4.98 Å². The normalized spacial score (nSPS) is 19.2. The zero-order chi connectivity index (χ0) is 9.10. The second kappa shape index (κ2) is 4.56. The standard InChI is InChI=1S/C10H14BrNS/c11-10-12-9(7-13-10)6-8-4-2-1-3-5-8/h7-8H,1-6H2. The Morgan fingerprint density at radius 3 is 2.77 bits per heavy atom. The van der Waals surface area contributed by atoms with E-state index in [4.69, 9.17) is 0 Å². The quantitative estimate of drug-likeness (QED) is 0.782. The lowest BCUT2D eigenvalue weighted by Gasteiger charge is -2.20. The Balaban J connectivity index is 1.89. The Morgan fingerprint density at radius 1 is 1.38 bits per heavy atom. The summed E-state index contributed by atoms with van der Waals surface area (Å²) >= 11 is 5.10. The number of hydrogen-bond acceptors (Lipinski definition) is 2. The van der Waals surface area contributed by atoms with Crippen LogP contribution < -0.4 is 0 Å². The molecule has 3 heteroatoms. The van der Waals surface area contributed by atoms with Gasteiger partial charge in [0, 0.05) is 5.38 Å². The molecule has 0 unspecified atom stereocenters. The van der Waals surface area contributed by atoms with E-state index in [9.17, 15) is 0 Å². The Labute approximate surface area is 91.7 Å². The van der Waals surface area contributed by atoms with Crippen molar-refractivity contribution < 1.29 is 0 Å². The van der Waals surface area contributed by atoms with Gasteiger partial charge in [-0.05, 0) is 28.3 Å². The third kappa shape index (κ3) is 2.78. The van der Waals surface area contributed by atoms with Crippen molar-refractivity contribution in [3.05, 3.63) is 15.0 Å². The van der Waals surface area contributed by atoms with Crippen molar-refractivity contribution in [2.45, 2.75) is 38.5 Å². The summed E-state index contributed by atoms with van der Waals surface area (Å²) in [7, 11) is 0. The molecule has 1 aliphatic rings. The van der Waals surface area contributed by atoms with Crippen LogP contribution in [-0.2, 0) is 6.42 Å². The highest BCUT2D eigenvalue weighted by atomic mass is 79.9. The number of halogens is 1. The number of thiazole rings is 1. The second-order valence-electron chi connectivity index (χ2n) is 3.80. The van der Waals surface area contributed by atoms with Crippen LogP contribution in [0.3, 0.4) is 0 Å². The van der Waals surface area contributed by atoms with E-state index in [1.54, 1.807) is 11.3 Å².